The second kappa shape index (κ2) is 7.68. The summed E-state index contributed by atoms with van der Waals surface area (Å²) in [5.41, 5.74) is 4.19. The van der Waals surface area contributed by atoms with Crippen molar-refractivity contribution in [1.29, 1.82) is 0 Å². The smallest absolute Gasteiger partial charge is 0.224 e. The monoisotopic (exact) mass is 404 g/mol. The second-order valence-electron chi connectivity index (χ2n) is 10.0. The third kappa shape index (κ3) is 3.94. The van der Waals surface area contributed by atoms with Gasteiger partial charge in [0.1, 0.15) is 12.1 Å². The van der Waals surface area contributed by atoms with E-state index in [4.69, 9.17) is 0 Å². The first-order chi connectivity index (χ1) is 14.5. The van der Waals surface area contributed by atoms with Crippen molar-refractivity contribution in [2.24, 2.45) is 23.2 Å². The topological polar surface area (TPSA) is 66.9 Å². The van der Waals surface area contributed by atoms with Crippen molar-refractivity contribution in [3.8, 4) is 0 Å². The molecule has 1 heterocycles. The predicted octanol–water partition coefficient (Wildman–Crippen LogP) is 5.64. The number of amides is 1. The summed E-state index contributed by atoms with van der Waals surface area (Å²) >= 11 is 0. The number of nitrogens with one attached hydrogen (secondary N) is 2. The SMILES string of the molecule is CCc1ccc(Nc2cc(C)ncn2)cc1NC(=O)CC12CC3CC(CC(C3)C1)C2. The number of hydrogen-bond acceptors (Lipinski definition) is 4. The molecule has 0 radical (unpaired) electrons. The second-order valence-corrected chi connectivity index (χ2v) is 10.0. The largest absolute Gasteiger partial charge is 0.340 e. The van der Waals surface area contributed by atoms with Crippen LogP contribution in [0, 0.1) is 30.1 Å². The van der Waals surface area contributed by atoms with Crippen molar-refractivity contribution in [1.82, 2.24) is 9.97 Å². The molecule has 0 atom stereocenters. The Morgan fingerprint density at radius 3 is 2.40 bits per heavy atom. The van der Waals surface area contributed by atoms with E-state index in [-0.39, 0.29) is 11.3 Å². The molecule has 4 bridgehead atoms. The summed E-state index contributed by atoms with van der Waals surface area (Å²) < 4.78 is 0. The lowest BCUT2D eigenvalue weighted by Gasteiger charge is -2.56. The lowest BCUT2D eigenvalue weighted by Crippen LogP contribution is -2.47. The average molecular weight is 405 g/mol. The van der Waals surface area contributed by atoms with Gasteiger partial charge < -0.3 is 10.6 Å². The van der Waals surface area contributed by atoms with Gasteiger partial charge in [-0.2, -0.15) is 0 Å². The number of aromatic nitrogens is 2. The molecule has 4 aliphatic carbocycles. The third-order valence-corrected chi connectivity index (χ3v) is 7.54. The number of rotatable bonds is 6. The molecule has 0 spiro atoms. The Hall–Kier alpha value is -2.43. The molecule has 0 unspecified atom stereocenters. The number of benzene rings is 1. The first kappa shape index (κ1) is 19.5. The van der Waals surface area contributed by atoms with Crippen LogP contribution in [0.3, 0.4) is 0 Å². The molecule has 4 saturated carbocycles. The summed E-state index contributed by atoms with van der Waals surface area (Å²) in [6, 6.07) is 8.09. The third-order valence-electron chi connectivity index (χ3n) is 7.54. The van der Waals surface area contributed by atoms with Crippen LogP contribution in [0.15, 0.2) is 30.6 Å². The lowest BCUT2D eigenvalue weighted by molar-refractivity contribution is -0.124. The van der Waals surface area contributed by atoms with Crippen LogP contribution in [-0.2, 0) is 11.2 Å². The van der Waals surface area contributed by atoms with Crippen LogP contribution in [0.25, 0.3) is 0 Å². The molecule has 4 aliphatic rings. The van der Waals surface area contributed by atoms with Crippen LogP contribution in [0.1, 0.15) is 63.1 Å². The number of carbonyl (C=O) groups is 1. The maximum Gasteiger partial charge on any atom is 0.224 e. The highest BCUT2D eigenvalue weighted by Crippen LogP contribution is 2.61. The van der Waals surface area contributed by atoms with E-state index in [1.165, 1.54) is 44.1 Å². The van der Waals surface area contributed by atoms with Crippen molar-refractivity contribution >= 4 is 23.1 Å². The average Bonchev–Trinajstić information content (AvgIpc) is 2.66. The molecule has 30 heavy (non-hydrogen) atoms. The van der Waals surface area contributed by atoms with E-state index in [0.717, 1.165) is 47.1 Å². The first-order valence-electron chi connectivity index (χ1n) is 11.5. The van der Waals surface area contributed by atoms with Crippen molar-refractivity contribution in [2.75, 3.05) is 10.6 Å². The molecule has 1 aromatic heterocycles. The molecule has 1 amide bonds. The zero-order chi connectivity index (χ0) is 20.7. The maximum atomic E-state index is 13.1. The van der Waals surface area contributed by atoms with E-state index in [1.807, 2.05) is 25.1 Å². The van der Waals surface area contributed by atoms with Gasteiger partial charge in [0.15, 0.2) is 0 Å². The fraction of sp³-hybridized carbons (Fsp3) is 0.560. The quantitative estimate of drug-likeness (QED) is 0.654. The van der Waals surface area contributed by atoms with E-state index in [2.05, 4.69) is 33.6 Å². The Morgan fingerprint density at radius 2 is 1.77 bits per heavy atom. The number of nitrogens with zero attached hydrogens (tertiary/aromatic N) is 2. The summed E-state index contributed by atoms with van der Waals surface area (Å²) in [5.74, 6) is 3.57. The first-order valence-corrected chi connectivity index (χ1v) is 11.5. The van der Waals surface area contributed by atoms with E-state index in [1.54, 1.807) is 6.33 Å². The van der Waals surface area contributed by atoms with E-state index < -0.39 is 0 Å². The minimum atomic E-state index is 0.182. The molecule has 4 fully saturated rings. The Bertz CT molecular complexity index is 919. The standard InChI is InChI=1S/C25H32N4O/c1-3-20-4-5-21(28-23-6-16(2)26-15-27-23)10-22(20)29-24(30)14-25-11-17-7-18(12-25)9-19(8-17)13-25/h4-6,10,15,17-19H,3,7-9,11-14H2,1-2H3,(H,29,30)(H,26,27,28). The van der Waals surface area contributed by atoms with Crippen molar-refractivity contribution < 1.29 is 4.79 Å². The van der Waals surface area contributed by atoms with Gasteiger partial charge >= 0.3 is 0 Å². The molecule has 5 nitrogen and oxygen atoms in total. The molecule has 2 aromatic rings. The number of anilines is 3. The van der Waals surface area contributed by atoms with Crippen molar-refractivity contribution in [3.05, 3.63) is 41.9 Å². The maximum absolute atomic E-state index is 13.1. The molecule has 6 rings (SSSR count). The molecule has 5 heteroatoms. The predicted molar refractivity (Wildman–Crippen MR) is 120 cm³/mol. The highest BCUT2D eigenvalue weighted by molar-refractivity contribution is 5.92. The number of hydrogen-bond donors (Lipinski definition) is 2. The summed E-state index contributed by atoms with van der Waals surface area (Å²) in [6.45, 7) is 4.08. The minimum absolute atomic E-state index is 0.182. The summed E-state index contributed by atoms with van der Waals surface area (Å²) in [5, 5.41) is 6.60. The molecule has 0 saturated heterocycles. The van der Waals surface area contributed by atoms with Gasteiger partial charge in [-0.25, -0.2) is 9.97 Å². The van der Waals surface area contributed by atoms with Gasteiger partial charge in [0.2, 0.25) is 5.91 Å². The highest BCUT2D eigenvalue weighted by Gasteiger charge is 2.51. The Balaban J connectivity index is 1.30. The number of aryl methyl sites for hydroxylation is 2. The molecular formula is C25H32N4O. The molecule has 0 aliphatic heterocycles. The van der Waals surface area contributed by atoms with Crippen molar-refractivity contribution in [2.45, 2.75) is 65.2 Å². The molecule has 1 aromatic carbocycles. The zero-order valence-electron chi connectivity index (χ0n) is 18.1. The minimum Gasteiger partial charge on any atom is -0.340 e. The number of carbonyl (C=O) groups excluding carboxylic acids is 1. The van der Waals surface area contributed by atoms with Gasteiger partial charge in [-0.05, 0) is 92.7 Å². The van der Waals surface area contributed by atoms with Crippen molar-refractivity contribution in [3.63, 3.8) is 0 Å². The van der Waals surface area contributed by atoms with E-state index in [0.29, 0.717) is 6.42 Å². The summed E-state index contributed by atoms with van der Waals surface area (Å²) in [6.07, 6.45) is 11.2. The van der Waals surface area contributed by atoms with Crippen LogP contribution in [-0.4, -0.2) is 15.9 Å². The Morgan fingerprint density at radius 1 is 1.07 bits per heavy atom. The van der Waals surface area contributed by atoms with Gasteiger partial charge in [-0.15, -0.1) is 0 Å². The van der Waals surface area contributed by atoms with Gasteiger partial charge in [-0.1, -0.05) is 13.0 Å². The van der Waals surface area contributed by atoms with Gasteiger partial charge in [0.05, 0.1) is 0 Å². The van der Waals surface area contributed by atoms with E-state index in [9.17, 15) is 4.79 Å². The Kier molecular flexibility index (Phi) is 5.00. The van der Waals surface area contributed by atoms with Gasteiger partial charge in [-0.3, -0.25) is 4.79 Å². The van der Waals surface area contributed by atoms with E-state index >= 15 is 0 Å². The van der Waals surface area contributed by atoms with Crippen LogP contribution in [0.2, 0.25) is 0 Å². The van der Waals surface area contributed by atoms with Gasteiger partial charge in [0, 0.05) is 29.6 Å². The zero-order valence-corrected chi connectivity index (χ0v) is 18.1. The van der Waals surface area contributed by atoms with Crippen LogP contribution in [0.5, 0.6) is 0 Å². The fourth-order valence-corrected chi connectivity index (χ4v) is 6.79. The van der Waals surface area contributed by atoms with Crippen LogP contribution in [0.4, 0.5) is 17.2 Å². The van der Waals surface area contributed by atoms with Gasteiger partial charge in [0.25, 0.3) is 0 Å². The molecular weight excluding hydrogens is 372 g/mol. The van der Waals surface area contributed by atoms with Crippen LogP contribution < -0.4 is 10.6 Å². The summed E-state index contributed by atoms with van der Waals surface area (Å²) in [7, 11) is 0. The fourth-order valence-electron chi connectivity index (χ4n) is 6.79. The lowest BCUT2D eigenvalue weighted by atomic mass is 9.49. The summed E-state index contributed by atoms with van der Waals surface area (Å²) in [4.78, 5) is 21.6. The highest BCUT2D eigenvalue weighted by atomic mass is 16.1. The molecule has 2 N–H and O–H groups in total. The Labute approximate surface area is 179 Å². The molecule has 158 valence electrons. The van der Waals surface area contributed by atoms with Crippen LogP contribution >= 0.6 is 0 Å². The normalized spacial score (nSPS) is 29.1.